The van der Waals surface area contributed by atoms with E-state index in [1.807, 2.05) is 6.92 Å². The summed E-state index contributed by atoms with van der Waals surface area (Å²) in [6.45, 7) is 5.48. The van der Waals surface area contributed by atoms with Crippen molar-refractivity contribution in [2.45, 2.75) is 20.3 Å². The van der Waals surface area contributed by atoms with Gasteiger partial charge in [-0.25, -0.2) is 0 Å². The number of carbonyl (C=O) groups excluding carboxylic acids is 3. The fraction of sp³-hybridized carbons (Fsp3) is 0.500. The topological polar surface area (TPSA) is 87.7 Å². The van der Waals surface area contributed by atoms with Gasteiger partial charge in [-0.1, -0.05) is 12.1 Å². The van der Waals surface area contributed by atoms with E-state index >= 15 is 0 Å². The normalized spacial score (nSPS) is 16.4. The Labute approximate surface area is 147 Å². The molecule has 2 amide bonds. The van der Waals surface area contributed by atoms with Gasteiger partial charge in [0, 0.05) is 25.3 Å². The number of amides is 2. The number of ether oxygens (including phenoxy) is 1. The molecule has 0 aromatic heterocycles. The molecule has 1 saturated heterocycles. The standard InChI is InChI=1S/C18H25N3O4/c1-3-19-17(23)13-9-10-21(12-13)18(24)14-7-5-6-8-15(14)20-11-16(22)25-4-2/h5-8,13,20H,3-4,9-12H2,1-2H3,(H,19,23)/t13-/m0/s1. The fourth-order valence-electron chi connectivity index (χ4n) is 2.85. The lowest BCUT2D eigenvalue weighted by atomic mass is 10.1. The molecule has 1 aromatic carbocycles. The van der Waals surface area contributed by atoms with E-state index in [9.17, 15) is 14.4 Å². The van der Waals surface area contributed by atoms with Gasteiger partial charge in [0.1, 0.15) is 6.54 Å². The lowest BCUT2D eigenvalue weighted by Gasteiger charge is -2.19. The lowest BCUT2D eigenvalue weighted by molar-refractivity contribution is -0.140. The number of para-hydroxylation sites is 1. The van der Waals surface area contributed by atoms with Crippen LogP contribution >= 0.6 is 0 Å². The predicted molar refractivity (Wildman–Crippen MR) is 94.3 cm³/mol. The van der Waals surface area contributed by atoms with Gasteiger partial charge < -0.3 is 20.3 Å². The van der Waals surface area contributed by atoms with Crippen molar-refractivity contribution >= 4 is 23.5 Å². The summed E-state index contributed by atoms with van der Waals surface area (Å²) in [7, 11) is 0. The number of hydrogen-bond donors (Lipinski definition) is 2. The van der Waals surface area contributed by atoms with Crippen LogP contribution in [-0.4, -0.2) is 55.5 Å². The Morgan fingerprint density at radius 3 is 2.72 bits per heavy atom. The van der Waals surface area contributed by atoms with Crippen molar-refractivity contribution in [3.63, 3.8) is 0 Å². The van der Waals surface area contributed by atoms with E-state index in [0.29, 0.717) is 43.9 Å². The van der Waals surface area contributed by atoms with E-state index in [1.54, 1.807) is 36.1 Å². The number of hydrogen-bond acceptors (Lipinski definition) is 5. The van der Waals surface area contributed by atoms with Crippen LogP contribution in [0.25, 0.3) is 0 Å². The molecule has 1 aromatic rings. The predicted octanol–water partition coefficient (Wildman–Crippen LogP) is 1.26. The number of nitrogens with zero attached hydrogens (tertiary/aromatic N) is 1. The smallest absolute Gasteiger partial charge is 0.325 e. The monoisotopic (exact) mass is 347 g/mol. The Hall–Kier alpha value is -2.57. The minimum absolute atomic E-state index is 0.000333. The maximum Gasteiger partial charge on any atom is 0.325 e. The van der Waals surface area contributed by atoms with Gasteiger partial charge in [0.25, 0.3) is 5.91 Å². The highest BCUT2D eigenvalue weighted by atomic mass is 16.5. The highest BCUT2D eigenvalue weighted by Crippen LogP contribution is 2.22. The summed E-state index contributed by atoms with van der Waals surface area (Å²) in [5, 5.41) is 5.76. The van der Waals surface area contributed by atoms with Gasteiger partial charge in [-0.3, -0.25) is 14.4 Å². The van der Waals surface area contributed by atoms with Crippen LogP contribution < -0.4 is 10.6 Å². The molecule has 1 fully saturated rings. The van der Waals surface area contributed by atoms with Crippen LogP contribution in [-0.2, 0) is 14.3 Å². The Balaban J connectivity index is 2.02. The van der Waals surface area contributed by atoms with Crippen LogP contribution in [0.15, 0.2) is 24.3 Å². The van der Waals surface area contributed by atoms with Crippen molar-refractivity contribution in [1.82, 2.24) is 10.2 Å². The van der Waals surface area contributed by atoms with Gasteiger partial charge in [-0.15, -0.1) is 0 Å². The molecule has 2 N–H and O–H groups in total. The Bertz CT molecular complexity index is 633. The van der Waals surface area contributed by atoms with E-state index in [2.05, 4.69) is 10.6 Å². The van der Waals surface area contributed by atoms with Gasteiger partial charge in [0.15, 0.2) is 0 Å². The molecular formula is C18H25N3O4. The van der Waals surface area contributed by atoms with Crippen LogP contribution in [0, 0.1) is 5.92 Å². The third kappa shape index (κ3) is 4.95. The lowest BCUT2D eigenvalue weighted by Crippen LogP contribution is -2.34. The third-order valence-corrected chi connectivity index (χ3v) is 4.08. The molecule has 7 heteroatoms. The third-order valence-electron chi connectivity index (χ3n) is 4.08. The molecule has 136 valence electrons. The molecule has 0 saturated carbocycles. The van der Waals surface area contributed by atoms with Gasteiger partial charge in [-0.05, 0) is 32.4 Å². The van der Waals surface area contributed by atoms with E-state index in [1.165, 1.54) is 0 Å². The second kappa shape index (κ2) is 9.05. The average Bonchev–Trinajstić information content (AvgIpc) is 3.10. The summed E-state index contributed by atoms with van der Waals surface area (Å²) in [6, 6.07) is 7.05. The fourth-order valence-corrected chi connectivity index (χ4v) is 2.85. The van der Waals surface area contributed by atoms with Gasteiger partial charge in [0.05, 0.1) is 18.1 Å². The molecule has 0 bridgehead atoms. The second-order valence-electron chi connectivity index (χ2n) is 5.84. The van der Waals surface area contributed by atoms with Crippen LogP contribution in [0.2, 0.25) is 0 Å². The Morgan fingerprint density at radius 2 is 2.00 bits per heavy atom. The molecule has 1 atom stereocenters. The molecule has 0 radical (unpaired) electrons. The quantitative estimate of drug-likeness (QED) is 0.725. The first-order valence-electron chi connectivity index (χ1n) is 8.62. The maximum absolute atomic E-state index is 12.8. The van der Waals surface area contributed by atoms with Gasteiger partial charge in [0.2, 0.25) is 5.91 Å². The number of carbonyl (C=O) groups is 3. The summed E-state index contributed by atoms with van der Waals surface area (Å²) in [5.41, 5.74) is 1.07. The van der Waals surface area contributed by atoms with Crippen LogP contribution in [0.1, 0.15) is 30.6 Å². The van der Waals surface area contributed by atoms with Crippen molar-refractivity contribution in [2.75, 3.05) is 38.1 Å². The minimum Gasteiger partial charge on any atom is -0.465 e. The molecule has 0 aliphatic carbocycles. The van der Waals surface area contributed by atoms with Crippen LogP contribution in [0.5, 0.6) is 0 Å². The van der Waals surface area contributed by atoms with E-state index in [-0.39, 0.29) is 30.2 Å². The number of likely N-dealkylation sites (tertiary alicyclic amines) is 1. The van der Waals surface area contributed by atoms with E-state index < -0.39 is 0 Å². The Morgan fingerprint density at radius 1 is 1.24 bits per heavy atom. The van der Waals surface area contributed by atoms with E-state index in [4.69, 9.17) is 4.74 Å². The summed E-state index contributed by atoms with van der Waals surface area (Å²) < 4.78 is 4.89. The molecule has 25 heavy (non-hydrogen) atoms. The zero-order valence-electron chi connectivity index (χ0n) is 14.7. The van der Waals surface area contributed by atoms with Crippen molar-refractivity contribution in [3.8, 4) is 0 Å². The van der Waals surface area contributed by atoms with Crippen LogP contribution in [0.4, 0.5) is 5.69 Å². The van der Waals surface area contributed by atoms with Crippen molar-refractivity contribution < 1.29 is 19.1 Å². The van der Waals surface area contributed by atoms with Crippen molar-refractivity contribution in [1.29, 1.82) is 0 Å². The molecule has 1 aliphatic rings. The maximum atomic E-state index is 12.8. The van der Waals surface area contributed by atoms with E-state index in [0.717, 1.165) is 0 Å². The zero-order chi connectivity index (χ0) is 18.2. The first-order valence-corrected chi connectivity index (χ1v) is 8.62. The summed E-state index contributed by atoms with van der Waals surface area (Å²) in [5.74, 6) is -0.684. The van der Waals surface area contributed by atoms with Crippen molar-refractivity contribution in [2.24, 2.45) is 5.92 Å². The summed E-state index contributed by atoms with van der Waals surface area (Å²) in [6.07, 6.45) is 0.663. The summed E-state index contributed by atoms with van der Waals surface area (Å²) >= 11 is 0. The SMILES string of the molecule is CCNC(=O)[C@H]1CCN(C(=O)c2ccccc2NCC(=O)OCC)C1. The first kappa shape index (κ1) is 18.8. The average molecular weight is 347 g/mol. The number of esters is 1. The molecule has 7 nitrogen and oxygen atoms in total. The second-order valence-corrected chi connectivity index (χ2v) is 5.84. The van der Waals surface area contributed by atoms with Gasteiger partial charge in [-0.2, -0.15) is 0 Å². The highest BCUT2D eigenvalue weighted by Gasteiger charge is 2.31. The van der Waals surface area contributed by atoms with Gasteiger partial charge >= 0.3 is 5.97 Å². The molecular weight excluding hydrogens is 322 g/mol. The van der Waals surface area contributed by atoms with Crippen molar-refractivity contribution in [3.05, 3.63) is 29.8 Å². The molecule has 0 unspecified atom stereocenters. The molecule has 1 heterocycles. The number of nitrogens with one attached hydrogen (secondary N) is 2. The highest BCUT2D eigenvalue weighted by molar-refractivity contribution is 6.00. The van der Waals surface area contributed by atoms with Crippen LogP contribution in [0.3, 0.4) is 0 Å². The molecule has 2 rings (SSSR count). The number of benzene rings is 1. The molecule has 1 aliphatic heterocycles. The molecule has 0 spiro atoms. The number of anilines is 1. The minimum atomic E-state index is -0.373. The Kier molecular flexibility index (Phi) is 6.80. The zero-order valence-corrected chi connectivity index (χ0v) is 14.7. The first-order chi connectivity index (χ1) is 12.1. The number of rotatable bonds is 7. The summed E-state index contributed by atoms with van der Waals surface area (Å²) in [4.78, 5) is 37.9. The largest absolute Gasteiger partial charge is 0.465 e.